The van der Waals surface area contributed by atoms with E-state index in [0.29, 0.717) is 12.3 Å². The maximum absolute atomic E-state index is 12.0. The van der Waals surface area contributed by atoms with Gasteiger partial charge in [-0.25, -0.2) is 0 Å². The highest BCUT2D eigenvalue weighted by Crippen LogP contribution is 2.60. The quantitative estimate of drug-likeness (QED) is 0.565. The number of carbonyl (C=O) groups excluding carboxylic acids is 1. The number of aliphatic hydroxyl groups excluding tert-OH is 2. The minimum atomic E-state index is -0.384. The van der Waals surface area contributed by atoms with E-state index in [9.17, 15) is 15.0 Å². The number of hydrogen-bond donors (Lipinski definition) is 2. The molecule has 25 heavy (non-hydrogen) atoms. The Kier molecular flexibility index (Phi) is 6.37. The van der Waals surface area contributed by atoms with Crippen molar-refractivity contribution < 1.29 is 19.7 Å². The van der Waals surface area contributed by atoms with Gasteiger partial charge in [0.2, 0.25) is 0 Å². The first-order valence-electron chi connectivity index (χ1n) is 9.72. The van der Waals surface area contributed by atoms with E-state index in [1.165, 1.54) is 19.1 Å². The van der Waals surface area contributed by atoms with Gasteiger partial charge in [-0.3, -0.25) is 4.79 Å². The summed E-state index contributed by atoms with van der Waals surface area (Å²) in [4.78, 5) is 12.0. The lowest BCUT2D eigenvalue weighted by Gasteiger charge is -2.58. The maximum Gasteiger partial charge on any atom is 0.308 e. The average Bonchev–Trinajstić information content (AvgIpc) is 2.51. The number of fused-ring (bicyclic) bond motifs is 1. The third kappa shape index (κ3) is 3.95. The molecule has 2 rings (SSSR count). The first-order chi connectivity index (χ1) is 11.7. The van der Waals surface area contributed by atoms with Crippen LogP contribution in [0.4, 0.5) is 0 Å². The molecule has 4 nitrogen and oxygen atoms in total. The lowest BCUT2D eigenvalue weighted by atomic mass is 9.47. The number of rotatable bonds is 6. The number of ether oxygens (including phenoxy) is 1. The smallest absolute Gasteiger partial charge is 0.308 e. The molecule has 2 aliphatic carbocycles. The molecule has 0 amide bonds. The molecule has 0 heterocycles. The number of methoxy groups -OCH3 is 1. The van der Waals surface area contributed by atoms with Crippen LogP contribution < -0.4 is 0 Å². The summed E-state index contributed by atoms with van der Waals surface area (Å²) in [7, 11) is 1.41. The molecule has 0 bridgehead atoms. The second kappa shape index (κ2) is 7.79. The number of allylic oxidation sites excluding steroid dienone is 1. The molecule has 1 saturated carbocycles. The standard InChI is InChI=1S/C21H36O4/c1-14-13-17(23)18-20(2,3)10-6-11-21(18,4)16(14)8-7-15(9-12-22)19(24)25-5/h13,15-18,22-23H,6-12H2,1-5H3. The van der Waals surface area contributed by atoms with Crippen molar-refractivity contribution in [2.24, 2.45) is 28.6 Å². The number of hydrogen-bond acceptors (Lipinski definition) is 4. The van der Waals surface area contributed by atoms with Crippen molar-refractivity contribution in [1.29, 1.82) is 0 Å². The van der Waals surface area contributed by atoms with Gasteiger partial charge in [0, 0.05) is 6.61 Å². The maximum atomic E-state index is 12.0. The van der Waals surface area contributed by atoms with Crippen molar-refractivity contribution in [3.63, 3.8) is 0 Å². The Labute approximate surface area is 152 Å². The molecule has 0 aromatic heterocycles. The molecule has 5 atom stereocenters. The monoisotopic (exact) mass is 352 g/mol. The van der Waals surface area contributed by atoms with Gasteiger partial charge in [-0.15, -0.1) is 0 Å². The zero-order valence-electron chi connectivity index (χ0n) is 16.5. The number of esters is 1. The largest absolute Gasteiger partial charge is 0.469 e. The summed E-state index contributed by atoms with van der Waals surface area (Å²) in [5, 5.41) is 20.1. The van der Waals surface area contributed by atoms with Crippen LogP contribution in [-0.4, -0.2) is 36.0 Å². The zero-order chi connectivity index (χ0) is 18.8. The molecule has 0 aromatic rings. The topological polar surface area (TPSA) is 66.8 Å². The average molecular weight is 353 g/mol. The molecule has 0 radical (unpaired) electrons. The third-order valence-corrected chi connectivity index (χ3v) is 7.03. The lowest BCUT2D eigenvalue weighted by Crippen LogP contribution is -2.54. The first-order valence-corrected chi connectivity index (χ1v) is 9.72. The highest BCUT2D eigenvalue weighted by molar-refractivity contribution is 5.72. The molecular formula is C21H36O4. The van der Waals surface area contributed by atoms with Crippen molar-refractivity contribution in [1.82, 2.24) is 0 Å². The second-order valence-corrected chi connectivity index (χ2v) is 9.09. The van der Waals surface area contributed by atoms with Gasteiger partial charge < -0.3 is 14.9 Å². The van der Waals surface area contributed by atoms with Crippen molar-refractivity contribution in [2.45, 2.75) is 72.3 Å². The van der Waals surface area contributed by atoms with Gasteiger partial charge in [0.1, 0.15) is 0 Å². The Hall–Kier alpha value is -0.870. The van der Waals surface area contributed by atoms with Crippen LogP contribution in [0, 0.1) is 28.6 Å². The minimum absolute atomic E-state index is 0.00485. The Morgan fingerprint density at radius 2 is 2.00 bits per heavy atom. The van der Waals surface area contributed by atoms with Gasteiger partial charge in [0.05, 0.1) is 19.1 Å². The molecule has 0 spiro atoms. The predicted octanol–water partition coefficient (Wildman–Crippen LogP) is 3.71. The SMILES string of the molecule is COC(=O)C(CCO)CCC1C(C)=CC(O)C2C(C)(C)CCCC12C. The van der Waals surface area contributed by atoms with E-state index >= 15 is 0 Å². The summed E-state index contributed by atoms with van der Waals surface area (Å²) >= 11 is 0. The van der Waals surface area contributed by atoms with Crippen molar-refractivity contribution in [3.8, 4) is 0 Å². The number of carbonyl (C=O) groups is 1. The number of aliphatic hydroxyl groups is 2. The highest BCUT2D eigenvalue weighted by atomic mass is 16.5. The van der Waals surface area contributed by atoms with Crippen molar-refractivity contribution in [3.05, 3.63) is 11.6 Å². The van der Waals surface area contributed by atoms with Crippen molar-refractivity contribution >= 4 is 5.97 Å². The summed E-state index contributed by atoms with van der Waals surface area (Å²) in [5.74, 6) is 0.147. The normalized spacial score (nSPS) is 35.5. The summed E-state index contributed by atoms with van der Waals surface area (Å²) in [5.41, 5.74) is 1.42. The van der Waals surface area contributed by atoms with E-state index in [1.54, 1.807) is 0 Å². The van der Waals surface area contributed by atoms with Gasteiger partial charge in [0.15, 0.2) is 0 Å². The van der Waals surface area contributed by atoms with Crippen LogP contribution in [0.25, 0.3) is 0 Å². The van der Waals surface area contributed by atoms with Crippen LogP contribution in [0.15, 0.2) is 11.6 Å². The van der Waals surface area contributed by atoms with Crippen LogP contribution in [0.3, 0.4) is 0 Å². The molecule has 5 unspecified atom stereocenters. The van der Waals surface area contributed by atoms with Gasteiger partial charge in [-0.2, -0.15) is 0 Å². The zero-order valence-corrected chi connectivity index (χ0v) is 16.5. The highest BCUT2D eigenvalue weighted by Gasteiger charge is 2.55. The van der Waals surface area contributed by atoms with Gasteiger partial charge >= 0.3 is 5.97 Å². The fourth-order valence-electron chi connectivity index (χ4n) is 6.00. The summed E-state index contributed by atoms with van der Waals surface area (Å²) in [6.07, 6.45) is 7.20. The van der Waals surface area contributed by atoms with Crippen LogP contribution in [0.5, 0.6) is 0 Å². The second-order valence-electron chi connectivity index (χ2n) is 9.09. The Morgan fingerprint density at radius 1 is 1.32 bits per heavy atom. The van der Waals surface area contributed by atoms with E-state index in [-0.39, 0.29) is 41.3 Å². The van der Waals surface area contributed by atoms with Gasteiger partial charge in [-0.05, 0) is 61.7 Å². The van der Waals surface area contributed by atoms with Crippen molar-refractivity contribution in [2.75, 3.05) is 13.7 Å². The molecule has 0 aliphatic heterocycles. The predicted molar refractivity (Wildman–Crippen MR) is 98.9 cm³/mol. The van der Waals surface area contributed by atoms with E-state index in [2.05, 4.69) is 27.7 Å². The lowest BCUT2D eigenvalue weighted by molar-refractivity contribution is -0.146. The molecular weight excluding hydrogens is 316 g/mol. The van der Waals surface area contributed by atoms with Gasteiger partial charge in [-0.1, -0.05) is 38.8 Å². The summed E-state index contributed by atoms with van der Waals surface area (Å²) in [6.45, 7) is 9.03. The van der Waals surface area contributed by atoms with E-state index in [0.717, 1.165) is 25.7 Å². The molecule has 144 valence electrons. The Balaban J connectivity index is 2.23. The fraction of sp³-hybridized carbons (Fsp3) is 0.857. The van der Waals surface area contributed by atoms with E-state index in [1.807, 2.05) is 6.08 Å². The molecule has 0 aromatic carbocycles. The molecule has 2 N–H and O–H groups in total. The third-order valence-electron chi connectivity index (χ3n) is 7.03. The summed E-state index contributed by atoms with van der Waals surface area (Å²) in [6, 6.07) is 0. The minimum Gasteiger partial charge on any atom is -0.469 e. The van der Waals surface area contributed by atoms with Crippen LogP contribution in [-0.2, 0) is 9.53 Å². The summed E-state index contributed by atoms with van der Waals surface area (Å²) < 4.78 is 4.91. The Bertz CT molecular complexity index is 510. The van der Waals surface area contributed by atoms with Gasteiger partial charge in [0.25, 0.3) is 0 Å². The van der Waals surface area contributed by atoms with Crippen LogP contribution >= 0.6 is 0 Å². The van der Waals surface area contributed by atoms with E-state index < -0.39 is 0 Å². The van der Waals surface area contributed by atoms with Crippen LogP contribution in [0.2, 0.25) is 0 Å². The van der Waals surface area contributed by atoms with Crippen LogP contribution in [0.1, 0.15) is 66.2 Å². The fourth-order valence-corrected chi connectivity index (χ4v) is 6.00. The first kappa shape index (κ1) is 20.4. The molecule has 1 fully saturated rings. The Morgan fingerprint density at radius 3 is 2.60 bits per heavy atom. The van der Waals surface area contributed by atoms with E-state index in [4.69, 9.17) is 4.74 Å². The molecule has 0 saturated heterocycles. The molecule has 2 aliphatic rings. The molecule has 4 heteroatoms.